The average Bonchev–Trinajstić information content (AvgIpc) is 2.95. The second-order valence-corrected chi connectivity index (χ2v) is 6.40. The number of hydrogen-bond donors (Lipinski definition) is 0. The summed E-state index contributed by atoms with van der Waals surface area (Å²) in [5, 5.41) is 1.80. The van der Waals surface area contributed by atoms with Crippen LogP contribution in [0.2, 0.25) is 0 Å². The molecule has 1 fully saturated rings. The first-order chi connectivity index (χ1) is 8.22. The molecule has 0 radical (unpaired) electrons. The van der Waals surface area contributed by atoms with Gasteiger partial charge in [0.15, 0.2) is 0 Å². The molecular formula is C12H17BrN2OS. The van der Waals surface area contributed by atoms with Gasteiger partial charge in [-0.1, -0.05) is 28.8 Å². The minimum absolute atomic E-state index is 0.155. The molecule has 17 heavy (non-hydrogen) atoms. The number of alkyl halides is 1. The molecule has 1 aromatic rings. The van der Waals surface area contributed by atoms with Gasteiger partial charge in [-0.2, -0.15) is 0 Å². The number of carbonyl (C=O) groups excluding carboxylic acids is 1. The van der Waals surface area contributed by atoms with Crippen LogP contribution < -0.4 is 0 Å². The number of rotatable bonds is 4. The van der Waals surface area contributed by atoms with Crippen molar-refractivity contribution < 1.29 is 4.79 Å². The molecule has 5 heteroatoms. The zero-order chi connectivity index (χ0) is 12.3. The maximum absolute atomic E-state index is 12.4. The summed E-state index contributed by atoms with van der Waals surface area (Å²) in [4.78, 5) is 19.4. The van der Waals surface area contributed by atoms with Gasteiger partial charge in [-0.05, 0) is 19.8 Å². The molecule has 1 heterocycles. The number of halogens is 1. The summed E-state index contributed by atoms with van der Waals surface area (Å²) in [7, 11) is 0. The van der Waals surface area contributed by atoms with E-state index in [4.69, 9.17) is 0 Å². The number of aryl methyl sites for hydroxylation is 1. The van der Waals surface area contributed by atoms with Crippen LogP contribution in [0.25, 0.3) is 0 Å². The van der Waals surface area contributed by atoms with E-state index in [2.05, 4.69) is 20.9 Å². The molecule has 0 aromatic carbocycles. The molecule has 0 N–H and O–H groups in total. The fraction of sp³-hybridized carbons (Fsp3) is 0.667. The van der Waals surface area contributed by atoms with E-state index in [0.717, 1.165) is 34.6 Å². The largest absolute Gasteiger partial charge is 0.334 e. The third kappa shape index (κ3) is 3.07. The fourth-order valence-corrected chi connectivity index (χ4v) is 3.47. The Bertz CT molecular complexity index is 388. The SMILES string of the molecule is Cc1ncc(C(=O)N(CCBr)C2CCCC2)s1. The molecule has 1 amide bonds. The summed E-state index contributed by atoms with van der Waals surface area (Å²) in [5.41, 5.74) is 0. The Balaban J connectivity index is 2.12. The standard InChI is InChI=1S/C12H17BrN2OS/c1-9-14-8-11(17-9)12(16)15(7-6-13)10-4-2-3-5-10/h8,10H,2-7H2,1H3. The van der Waals surface area contributed by atoms with Gasteiger partial charge in [0.25, 0.3) is 5.91 Å². The van der Waals surface area contributed by atoms with Gasteiger partial charge in [0.2, 0.25) is 0 Å². The van der Waals surface area contributed by atoms with Crippen molar-refractivity contribution in [3.05, 3.63) is 16.1 Å². The van der Waals surface area contributed by atoms with Crippen molar-refractivity contribution in [2.24, 2.45) is 0 Å². The molecule has 1 aliphatic rings. The lowest BCUT2D eigenvalue weighted by Gasteiger charge is -2.27. The first-order valence-electron chi connectivity index (χ1n) is 6.01. The third-order valence-corrected chi connectivity index (χ3v) is 4.44. The first-order valence-corrected chi connectivity index (χ1v) is 7.95. The highest BCUT2D eigenvalue weighted by molar-refractivity contribution is 9.09. The second-order valence-electron chi connectivity index (χ2n) is 4.37. The average molecular weight is 317 g/mol. The fourth-order valence-electron chi connectivity index (χ4n) is 2.36. The summed E-state index contributed by atoms with van der Waals surface area (Å²) in [6.07, 6.45) is 6.50. The van der Waals surface area contributed by atoms with Crippen LogP contribution in [-0.4, -0.2) is 33.7 Å². The first kappa shape index (κ1) is 13.0. The molecule has 1 aromatic heterocycles. The number of aromatic nitrogens is 1. The minimum Gasteiger partial charge on any atom is -0.334 e. The molecule has 0 spiro atoms. The zero-order valence-electron chi connectivity index (χ0n) is 9.99. The van der Waals surface area contributed by atoms with Gasteiger partial charge >= 0.3 is 0 Å². The summed E-state index contributed by atoms with van der Waals surface area (Å²) >= 11 is 4.93. The van der Waals surface area contributed by atoms with E-state index in [-0.39, 0.29) is 5.91 Å². The zero-order valence-corrected chi connectivity index (χ0v) is 12.4. The summed E-state index contributed by atoms with van der Waals surface area (Å²) in [5.74, 6) is 0.155. The van der Waals surface area contributed by atoms with Crippen LogP contribution in [-0.2, 0) is 0 Å². The molecule has 94 valence electrons. The third-order valence-electron chi connectivity index (χ3n) is 3.18. The van der Waals surface area contributed by atoms with Crippen LogP contribution >= 0.6 is 27.3 Å². The predicted molar refractivity (Wildman–Crippen MR) is 73.9 cm³/mol. The highest BCUT2D eigenvalue weighted by Crippen LogP contribution is 2.26. The summed E-state index contributed by atoms with van der Waals surface area (Å²) < 4.78 is 0. The lowest BCUT2D eigenvalue weighted by atomic mass is 10.2. The van der Waals surface area contributed by atoms with Crippen molar-refractivity contribution in [1.29, 1.82) is 0 Å². The van der Waals surface area contributed by atoms with Crippen molar-refractivity contribution in [2.75, 3.05) is 11.9 Å². The molecule has 1 saturated carbocycles. The number of carbonyl (C=O) groups is 1. The summed E-state index contributed by atoms with van der Waals surface area (Å²) in [6.45, 7) is 2.73. The summed E-state index contributed by atoms with van der Waals surface area (Å²) in [6, 6.07) is 0.433. The van der Waals surface area contributed by atoms with Gasteiger partial charge in [0.05, 0.1) is 11.2 Å². The Morgan fingerprint density at radius 1 is 1.59 bits per heavy atom. The van der Waals surface area contributed by atoms with E-state index in [1.807, 2.05) is 11.8 Å². The van der Waals surface area contributed by atoms with E-state index in [9.17, 15) is 4.79 Å². The van der Waals surface area contributed by atoms with Gasteiger partial charge < -0.3 is 4.90 Å². The molecule has 0 unspecified atom stereocenters. The van der Waals surface area contributed by atoms with Gasteiger partial charge in [-0.15, -0.1) is 11.3 Å². The van der Waals surface area contributed by atoms with Crippen LogP contribution in [0.1, 0.15) is 40.4 Å². The smallest absolute Gasteiger partial charge is 0.265 e. The maximum Gasteiger partial charge on any atom is 0.265 e. The Morgan fingerprint density at radius 2 is 2.29 bits per heavy atom. The Labute approximate surface area is 114 Å². The van der Waals surface area contributed by atoms with Crippen molar-refractivity contribution >= 4 is 33.2 Å². The van der Waals surface area contributed by atoms with Crippen LogP contribution in [0.4, 0.5) is 0 Å². The van der Waals surface area contributed by atoms with Crippen molar-refractivity contribution in [3.8, 4) is 0 Å². The van der Waals surface area contributed by atoms with Crippen LogP contribution in [0.3, 0.4) is 0 Å². The molecule has 0 bridgehead atoms. The van der Waals surface area contributed by atoms with Gasteiger partial charge in [-0.3, -0.25) is 4.79 Å². The van der Waals surface area contributed by atoms with Crippen molar-refractivity contribution in [3.63, 3.8) is 0 Å². The van der Waals surface area contributed by atoms with E-state index >= 15 is 0 Å². The Hall–Kier alpha value is -0.420. The van der Waals surface area contributed by atoms with Crippen LogP contribution in [0.5, 0.6) is 0 Å². The highest BCUT2D eigenvalue weighted by atomic mass is 79.9. The molecule has 2 rings (SSSR count). The maximum atomic E-state index is 12.4. The van der Waals surface area contributed by atoms with E-state index in [1.165, 1.54) is 24.2 Å². The topological polar surface area (TPSA) is 33.2 Å². The van der Waals surface area contributed by atoms with Crippen molar-refractivity contribution in [2.45, 2.75) is 38.6 Å². The monoisotopic (exact) mass is 316 g/mol. The number of hydrogen-bond acceptors (Lipinski definition) is 3. The number of amides is 1. The van der Waals surface area contributed by atoms with Crippen LogP contribution in [0.15, 0.2) is 6.20 Å². The molecule has 1 aliphatic carbocycles. The Morgan fingerprint density at radius 3 is 2.82 bits per heavy atom. The van der Waals surface area contributed by atoms with Crippen molar-refractivity contribution in [1.82, 2.24) is 9.88 Å². The molecule has 0 atom stereocenters. The molecule has 3 nitrogen and oxygen atoms in total. The number of thiazole rings is 1. The lowest BCUT2D eigenvalue weighted by molar-refractivity contribution is 0.0701. The highest BCUT2D eigenvalue weighted by Gasteiger charge is 2.27. The van der Waals surface area contributed by atoms with Gasteiger partial charge in [-0.25, -0.2) is 4.98 Å². The molecule has 0 aliphatic heterocycles. The molecular weight excluding hydrogens is 300 g/mol. The Kier molecular flexibility index (Phi) is 4.56. The van der Waals surface area contributed by atoms with E-state index in [0.29, 0.717) is 6.04 Å². The molecule has 0 saturated heterocycles. The van der Waals surface area contributed by atoms with Gasteiger partial charge in [0, 0.05) is 17.9 Å². The quantitative estimate of drug-likeness (QED) is 0.799. The van der Waals surface area contributed by atoms with Gasteiger partial charge in [0.1, 0.15) is 4.88 Å². The second kappa shape index (κ2) is 5.96. The number of nitrogens with zero attached hydrogens (tertiary/aromatic N) is 2. The van der Waals surface area contributed by atoms with E-state index in [1.54, 1.807) is 6.20 Å². The normalized spacial score (nSPS) is 16.4. The minimum atomic E-state index is 0.155. The van der Waals surface area contributed by atoms with Crippen LogP contribution in [0, 0.1) is 6.92 Å². The predicted octanol–water partition coefficient (Wildman–Crippen LogP) is 3.23. The van der Waals surface area contributed by atoms with E-state index < -0.39 is 0 Å². The lowest BCUT2D eigenvalue weighted by Crippen LogP contribution is -2.39.